The number of aromatic nitrogens is 2. The number of primary amides is 1. The van der Waals surface area contributed by atoms with Crippen molar-refractivity contribution in [3.8, 4) is 11.6 Å². The molecule has 0 fully saturated rings. The van der Waals surface area contributed by atoms with Gasteiger partial charge in [0.15, 0.2) is 5.02 Å². The number of benzene rings is 1. The molecule has 98 valence electrons. The smallest absolute Gasteiger partial charge is 0.273 e. The third kappa shape index (κ3) is 2.71. The minimum atomic E-state index is -0.892. The molecule has 0 atom stereocenters. The first-order valence-electron chi connectivity index (χ1n) is 4.99. The fourth-order valence-electron chi connectivity index (χ4n) is 1.31. The number of ether oxygens (including phenoxy) is 1. The van der Waals surface area contributed by atoms with Crippen LogP contribution >= 0.6 is 11.6 Å². The maximum Gasteiger partial charge on any atom is 0.273 e. The second kappa shape index (κ2) is 5.07. The van der Waals surface area contributed by atoms with Crippen LogP contribution in [0.1, 0.15) is 10.4 Å². The molecule has 1 amide bonds. The fraction of sp³-hybridized carbons (Fsp3) is 0. The number of H-pyrrole nitrogens is 1. The third-order valence-electron chi connectivity index (χ3n) is 2.19. The molecule has 0 spiro atoms. The lowest BCUT2D eigenvalue weighted by Crippen LogP contribution is -2.13. The van der Waals surface area contributed by atoms with Gasteiger partial charge in [-0.2, -0.15) is 0 Å². The van der Waals surface area contributed by atoms with Gasteiger partial charge in [-0.3, -0.25) is 9.59 Å². The SMILES string of the molecule is NC(=O)c1ccc(Oc2nc[nH]c(=O)c2Cl)cc1F. The summed E-state index contributed by atoms with van der Waals surface area (Å²) < 4.78 is 18.6. The lowest BCUT2D eigenvalue weighted by Gasteiger charge is -2.06. The Morgan fingerprint density at radius 1 is 1.47 bits per heavy atom. The highest BCUT2D eigenvalue weighted by Gasteiger charge is 2.12. The first-order chi connectivity index (χ1) is 8.99. The van der Waals surface area contributed by atoms with E-state index in [-0.39, 0.29) is 22.2 Å². The van der Waals surface area contributed by atoms with E-state index < -0.39 is 17.3 Å². The molecular weight excluding hydrogens is 277 g/mol. The van der Waals surface area contributed by atoms with Crippen molar-refractivity contribution in [1.82, 2.24) is 9.97 Å². The summed E-state index contributed by atoms with van der Waals surface area (Å²) in [6.45, 7) is 0. The standard InChI is InChI=1S/C11H7ClFN3O3/c12-8-10(18)15-4-16-11(8)19-5-1-2-6(9(14)17)7(13)3-5/h1-4H,(H2,14,17)(H,15,16,18). The summed E-state index contributed by atoms with van der Waals surface area (Å²) in [5.74, 6) is -1.87. The number of hydrogen-bond acceptors (Lipinski definition) is 4. The van der Waals surface area contributed by atoms with Crippen LogP contribution < -0.4 is 16.0 Å². The molecule has 0 aliphatic rings. The van der Waals surface area contributed by atoms with Gasteiger partial charge in [0, 0.05) is 6.07 Å². The van der Waals surface area contributed by atoms with Crippen molar-refractivity contribution >= 4 is 17.5 Å². The summed E-state index contributed by atoms with van der Waals surface area (Å²) in [6, 6.07) is 3.41. The summed E-state index contributed by atoms with van der Waals surface area (Å²) in [6.07, 6.45) is 1.09. The lowest BCUT2D eigenvalue weighted by atomic mass is 10.2. The van der Waals surface area contributed by atoms with Crippen LogP contribution in [-0.4, -0.2) is 15.9 Å². The number of aromatic amines is 1. The van der Waals surface area contributed by atoms with E-state index >= 15 is 0 Å². The fourth-order valence-corrected chi connectivity index (χ4v) is 1.45. The summed E-state index contributed by atoms with van der Waals surface area (Å²) in [5.41, 5.74) is 4.11. The highest BCUT2D eigenvalue weighted by molar-refractivity contribution is 6.31. The van der Waals surface area contributed by atoms with Crippen molar-refractivity contribution in [2.75, 3.05) is 0 Å². The van der Waals surface area contributed by atoms with Crippen molar-refractivity contribution < 1.29 is 13.9 Å². The second-order valence-corrected chi connectivity index (χ2v) is 3.84. The number of amides is 1. The quantitative estimate of drug-likeness (QED) is 0.891. The summed E-state index contributed by atoms with van der Waals surface area (Å²) in [5, 5.41) is -0.262. The Hall–Kier alpha value is -2.41. The number of carbonyl (C=O) groups excluding carboxylic acids is 1. The Bertz CT molecular complexity index is 702. The average Bonchev–Trinajstić information content (AvgIpc) is 2.34. The van der Waals surface area contributed by atoms with Gasteiger partial charge in [-0.05, 0) is 12.1 Å². The van der Waals surface area contributed by atoms with Crippen LogP contribution in [0.5, 0.6) is 11.6 Å². The van der Waals surface area contributed by atoms with Crippen molar-refractivity contribution in [3.63, 3.8) is 0 Å². The topological polar surface area (TPSA) is 98.1 Å². The Labute approximate surface area is 111 Å². The van der Waals surface area contributed by atoms with E-state index in [2.05, 4.69) is 9.97 Å². The molecule has 8 heteroatoms. The number of nitrogens with one attached hydrogen (secondary N) is 1. The normalized spacial score (nSPS) is 10.2. The minimum absolute atomic E-state index is 0.0301. The van der Waals surface area contributed by atoms with E-state index in [1.165, 1.54) is 6.07 Å². The monoisotopic (exact) mass is 283 g/mol. The van der Waals surface area contributed by atoms with Crippen molar-refractivity contribution in [2.45, 2.75) is 0 Å². The Morgan fingerprint density at radius 2 is 2.21 bits per heavy atom. The maximum atomic E-state index is 13.5. The number of nitrogens with zero attached hydrogens (tertiary/aromatic N) is 1. The molecule has 0 aliphatic carbocycles. The third-order valence-corrected chi connectivity index (χ3v) is 2.52. The molecule has 0 unspecified atom stereocenters. The van der Waals surface area contributed by atoms with Crippen molar-refractivity contribution in [2.24, 2.45) is 5.73 Å². The molecule has 1 aromatic heterocycles. The van der Waals surface area contributed by atoms with Gasteiger partial charge in [-0.25, -0.2) is 9.37 Å². The van der Waals surface area contributed by atoms with Gasteiger partial charge in [0.25, 0.3) is 11.5 Å². The zero-order valence-electron chi connectivity index (χ0n) is 9.31. The predicted molar refractivity (Wildman–Crippen MR) is 64.9 cm³/mol. The van der Waals surface area contributed by atoms with Gasteiger partial charge in [0.05, 0.1) is 11.9 Å². The highest BCUT2D eigenvalue weighted by Crippen LogP contribution is 2.25. The lowest BCUT2D eigenvalue weighted by molar-refractivity contribution is 0.0996. The molecule has 19 heavy (non-hydrogen) atoms. The molecule has 0 aliphatic heterocycles. The Kier molecular flexibility index (Phi) is 3.48. The van der Waals surface area contributed by atoms with Crippen LogP contribution in [0, 0.1) is 5.82 Å². The maximum absolute atomic E-state index is 13.5. The van der Waals surface area contributed by atoms with Crippen LogP contribution in [0.15, 0.2) is 29.3 Å². The van der Waals surface area contributed by atoms with Crippen molar-refractivity contribution in [3.05, 3.63) is 51.3 Å². The van der Waals surface area contributed by atoms with E-state index in [1.807, 2.05) is 0 Å². The molecule has 0 radical (unpaired) electrons. The van der Waals surface area contributed by atoms with Gasteiger partial charge >= 0.3 is 0 Å². The zero-order valence-corrected chi connectivity index (χ0v) is 10.1. The largest absolute Gasteiger partial charge is 0.437 e. The first kappa shape index (κ1) is 13.0. The van der Waals surface area contributed by atoms with E-state index in [4.69, 9.17) is 22.1 Å². The summed E-state index contributed by atoms with van der Waals surface area (Å²) >= 11 is 5.67. The van der Waals surface area contributed by atoms with Crippen LogP contribution in [0.2, 0.25) is 5.02 Å². The molecule has 1 heterocycles. The Morgan fingerprint density at radius 3 is 2.84 bits per heavy atom. The molecule has 6 nitrogen and oxygen atoms in total. The van der Waals surface area contributed by atoms with E-state index in [0.717, 1.165) is 18.5 Å². The first-order valence-corrected chi connectivity index (χ1v) is 5.37. The van der Waals surface area contributed by atoms with E-state index in [0.29, 0.717) is 0 Å². The van der Waals surface area contributed by atoms with Crippen LogP contribution in [0.3, 0.4) is 0 Å². The molecule has 1 aromatic carbocycles. The van der Waals surface area contributed by atoms with Crippen LogP contribution in [0.4, 0.5) is 4.39 Å². The predicted octanol–water partition coefficient (Wildman–Crippen LogP) is 1.45. The van der Waals surface area contributed by atoms with Gasteiger partial charge in [0.2, 0.25) is 5.88 Å². The molecule has 0 saturated heterocycles. The van der Waals surface area contributed by atoms with Gasteiger partial charge in [0.1, 0.15) is 11.6 Å². The number of hydrogen-bond donors (Lipinski definition) is 2. The van der Waals surface area contributed by atoms with Crippen LogP contribution in [-0.2, 0) is 0 Å². The average molecular weight is 284 g/mol. The van der Waals surface area contributed by atoms with E-state index in [1.54, 1.807) is 0 Å². The Balaban J connectivity index is 2.34. The van der Waals surface area contributed by atoms with Crippen molar-refractivity contribution in [1.29, 1.82) is 0 Å². The minimum Gasteiger partial charge on any atom is -0.437 e. The zero-order chi connectivity index (χ0) is 14.0. The molecule has 2 aromatic rings. The van der Waals surface area contributed by atoms with Crippen LogP contribution in [0.25, 0.3) is 0 Å². The number of nitrogens with two attached hydrogens (primary N) is 1. The van der Waals surface area contributed by atoms with E-state index in [9.17, 15) is 14.0 Å². The molecule has 2 rings (SSSR count). The molecule has 3 N–H and O–H groups in total. The summed E-state index contributed by atoms with van der Waals surface area (Å²) in [7, 11) is 0. The molecule has 0 saturated carbocycles. The molecule has 0 bridgehead atoms. The number of carbonyl (C=O) groups is 1. The second-order valence-electron chi connectivity index (χ2n) is 3.46. The number of rotatable bonds is 3. The van der Waals surface area contributed by atoms with Gasteiger partial charge in [-0.1, -0.05) is 11.6 Å². The number of halogens is 2. The highest BCUT2D eigenvalue weighted by atomic mass is 35.5. The van der Waals surface area contributed by atoms with Gasteiger partial charge < -0.3 is 15.5 Å². The molecular formula is C11H7ClFN3O3. The summed E-state index contributed by atoms with van der Waals surface area (Å²) in [4.78, 5) is 28.0. The van der Waals surface area contributed by atoms with Gasteiger partial charge in [-0.15, -0.1) is 0 Å².